The zero-order chi connectivity index (χ0) is 13.4. The summed E-state index contributed by atoms with van der Waals surface area (Å²) in [5.74, 6) is 2.48. The van der Waals surface area contributed by atoms with Crippen LogP contribution in [0.4, 0.5) is 0 Å². The molecule has 0 spiro atoms. The molecule has 2 nitrogen and oxygen atoms in total. The molecule has 1 saturated carbocycles. The van der Waals surface area contributed by atoms with Crippen molar-refractivity contribution in [1.82, 2.24) is 5.32 Å². The van der Waals surface area contributed by atoms with E-state index in [0.29, 0.717) is 12.0 Å². The molecule has 0 aromatic rings. The fraction of sp³-hybridized carbons (Fsp3) is 1.00. The highest BCUT2D eigenvalue weighted by molar-refractivity contribution is 4.82. The van der Waals surface area contributed by atoms with Gasteiger partial charge in [-0.1, -0.05) is 33.6 Å². The third kappa shape index (κ3) is 5.71. The first-order valence-electron chi connectivity index (χ1n) is 7.89. The minimum atomic E-state index is 0.668. The molecule has 1 fully saturated rings. The summed E-state index contributed by atoms with van der Waals surface area (Å²) in [4.78, 5) is 0. The normalized spacial score (nSPS) is 28.0. The van der Waals surface area contributed by atoms with E-state index in [1.165, 1.54) is 38.5 Å². The lowest BCUT2D eigenvalue weighted by molar-refractivity contribution is 0.132. The van der Waals surface area contributed by atoms with Crippen molar-refractivity contribution in [2.45, 2.75) is 65.3 Å². The van der Waals surface area contributed by atoms with Gasteiger partial charge in [0.05, 0.1) is 0 Å². The van der Waals surface area contributed by atoms with Crippen molar-refractivity contribution in [2.24, 2.45) is 17.8 Å². The van der Waals surface area contributed by atoms with Crippen LogP contribution < -0.4 is 5.32 Å². The lowest BCUT2D eigenvalue weighted by Crippen LogP contribution is -2.40. The molecule has 0 bridgehead atoms. The first-order chi connectivity index (χ1) is 8.67. The standard InChI is InChI=1S/C16H33NO/c1-5-9-17-16(11-14(3)12-18-4)15-8-6-7-13(2)10-15/h13-17H,5-12H2,1-4H3. The summed E-state index contributed by atoms with van der Waals surface area (Å²) in [5, 5.41) is 3.79. The van der Waals surface area contributed by atoms with Crippen LogP contribution in [-0.4, -0.2) is 26.3 Å². The topological polar surface area (TPSA) is 21.3 Å². The first kappa shape index (κ1) is 16.0. The summed E-state index contributed by atoms with van der Waals surface area (Å²) in [6.07, 6.45) is 8.20. The van der Waals surface area contributed by atoms with Gasteiger partial charge in [0.25, 0.3) is 0 Å². The van der Waals surface area contributed by atoms with E-state index in [1.807, 2.05) is 7.11 Å². The Balaban J connectivity index is 2.47. The number of hydrogen-bond acceptors (Lipinski definition) is 2. The molecule has 0 saturated heterocycles. The largest absolute Gasteiger partial charge is 0.384 e. The van der Waals surface area contributed by atoms with E-state index >= 15 is 0 Å². The van der Waals surface area contributed by atoms with Crippen molar-refractivity contribution in [3.05, 3.63) is 0 Å². The molecule has 18 heavy (non-hydrogen) atoms. The highest BCUT2D eigenvalue weighted by atomic mass is 16.5. The first-order valence-corrected chi connectivity index (χ1v) is 7.89. The highest BCUT2D eigenvalue weighted by Gasteiger charge is 2.27. The van der Waals surface area contributed by atoms with Crippen LogP contribution >= 0.6 is 0 Å². The third-order valence-corrected chi connectivity index (χ3v) is 4.31. The molecule has 0 amide bonds. The number of rotatable bonds is 8. The van der Waals surface area contributed by atoms with Gasteiger partial charge >= 0.3 is 0 Å². The summed E-state index contributed by atoms with van der Waals surface area (Å²) < 4.78 is 5.29. The van der Waals surface area contributed by atoms with E-state index in [-0.39, 0.29) is 0 Å². The van der Waals surface area contributed by atoms with Crippen molar-refractivity contribution < 1.29 is 4.74 Å². The molecule has 1 N–H and O–H groups in total. The smallest absolute Gasteiger partial charge is 0.0488 e. The maximum Gasteiger partial charge on any atom is 0.0488 e. The molecule has 1 aliphatic rings. The molecule has 4 atom stereocenters. The van der Waals surface area contributed by atoms with Gasteiger partial charge in [-0.15, -0.1) is 0 Å². The van der Waals surface area contributed by atoms with Crippen molar-refractivity contribution >= 4 is 0 Å². The van der Waals surface area contributed by atoms with Gasteiger partial charge in [-0.05, 0) is 50.0 Å². The predicted octanol–water partition coefficient (Wildman–Crippen LogP) is 3.85. The van der Waals surface area contributed by atoms with Gasteiger partial charge < -0.3 is 10.1 Å². The summed E-state index contributed by atoms with van der Waals surface area (Å²) >= 11 is 0. The Kier molecular flexibility index (Phi) is 7.92. The van der Waals surface area contributed by atoms with Crippen molar-refractivity contribution in [1.29, 1.82) is 0 Å². The van der Waals surface area contributed by atoms with Crippen LogP contribution in [0.3, 0.4) is 0 Å². The van der Waals surface area contributed by atoms with Gasteiger partial charge in [0.2, 0.25) is 0 Å². The molecule has 108 valence electrons. The Morgan fingerprint density at radius 2 is 2.11 bits per heavy atom. The SMILES string of the molecule is CCCNC(CC(C)COC)C1CCCC(C)C1. The molecule has 0 heterocycles. The molecule has 0 aromatic heterocycles. The number of hydrogen-bond donors (Lipinski definition) is 1. The zero-order valence-corrected chi connectivity index (χ0v) is 12.9. The lowest BCUT2D eigenvalue weighted by atomic mass is 9.76. The number of nitrogens with one attached hydrogen (secondary N) is 1. The second-order valence-corrected chi connectivity index (χ2v) is 6.39. The fourth-order valence-corrected chi connectivity index (χ4v) is 3.40. The highest BCUT2D eigenvalue weighted by Crippen LogP contribution is 2.32. The monoisotopic (exact) mass is 255 g/mol. The average molecular weight is 255 g/mol. The van der Waals surface area contributed by atoms with Gasteiger partial charge in [0.15, 0.2) is 0 Å². The molecule has 0 aliphatic heterocycles. The Morgan fingerprint density at radius 1 is 1.33 bits per heavy atom. The van der Waals surface area contributed by atoms with Gasteiger partial charge in [-0.2, -0.15) is 0 Å². The number of methoxy groups -OCH3 is 1. The average Bonchev–Trinajstić information content (AvgIpc) is 2.34. The van der Waals surface area contributed by atoms with Crippen molar-refractivity contribution in [2.75, 3.05) is 20.3 Å². The van der Waals surface area contributed by atoms with Crippen LogP contribution in [0, 0.1) is 17.8 Å². The molecular weight excluding hydrogens is 222 g/mol. The van der Waals surface area contributed by atoms with E-state index in [1.54, 1.807) is 0 Å². The van der Waals surface area contributed by atoms with Crippen LogP contribution in [0.5, 0.6) is 0 Å². The molecule has 0 aromatic carbocycles. The van der Waals surface area contributed by atoms with E-state index < -0.39 is 0 Å². The minimum absolute atomic E-state index is 0.668. The maximum absolute atomic E-state index is 5.29. The maximum atomic E-state index is 5.29. The van der Waals surface area contributed by atoms with E-state index in [9.17, 15) is 0 Å². The second kappa shape index (κ2) is 8.92. The van der Waals surface area contributed by atoms with Crippen molar-refractivity contribution in [3.8, 4) is 0 Å². The molecule has 1 rings (SSSR count). The lowest BCUT2D eigenvalue weighted by Gasteiger charge is -2.35. The fourth-order valence-electron chi connectivity index (χ4n) is 3.40. The summed E-state index contributed by atoms with van der Waals surface area (Å²) in [6.45, 7) is 9.05. The Hall–Kier alpha value is -0.0800. The third-order valence-electron chi connectivity index (χ3n) is 4.31. The van der Waals surface area contributed by atoms with Crippen LogP contribution in [0.2, 0.25) is 0 Å². The Morgan fingerprint density at radius 3 is 2.72 bits per heavy atom. The van der Waals surface area contributed by atoms with Crippen LogP contribution in [0.1, 0.15) is 59.3 Å². The molecule has 1 aliphatic carbocycles. The minimum Gasteiger partial charge on any atom is -0.384 e. The van der Waals surface area contributed by atoms with Crippen LogP contribution in [0.15, 0.2) is 0 Å². The molecule has 0 radical (unpaired) electrons. The van der Waals surface area contributed by atoms with E-state index in [2.05, 4.69) is 26.1 Å². The molecule has 2 heteroatoms. The van der Waals surface area contributed by atoms with Crippen LogP contribution in [0.25, 0.3) is 0 Å². The number of ether oxygens (including phenoxy) is 1. The molecular formula is C16H33NO. The summed E-state index contributed by atoms with van der Waals surface area (Å²) in [7, 11) is 1.81. The predicted molar refractivity (Wildman–Crippen MR) is 78.9 cm³/mol. The Labute approximate surface area is 114 Å². The molecule has 4 unspecified atom stereocenters. The van der Waals surface area contributed by atoms with Gasteiger partial charge in [0, 0.05) is 19.8 Å². The Bertz CT molecular complexity index is 207. The second-order valence-electron chi connectivity index (χ2n) is 6.39. The van der Waals surface area contributed by atoms with Gasteiger partial charge in [-0.3, -0.25) is 0 Å². The zero-order valence-electron chi connectivity index (χ0n) is 12.9. The van der Waals surface area contributed by atoms with Gasteiger partial charge in [0.1, 0.15) is 0 Å². The summed E-state index contributed by atoms with van der Waals surface area (Å²) in [6, 6.07) is 0.706. The van der Waals surface area contributed by atoms with Crippen molar-refractivity contribution in [3.63, 3.8) is 0 Å². The quantitative estimate of drug-likeness (QED) is 0.711. The van der Waals surface area contributed by atoms with E-state index in [4.69, 9.17) is 4.74 Å². The van der Waals surface area contributed by atoms with E-state index in [0.717, 1.165) is 25.0 Å². The van der Waals surface area contributed by atoms with Crippen LogP contribution in [-0.2, 0) is 4.74 Å². The summed E-state index contributed by atoms with van der Waals surface area (Å²) in [5.41, 5.74) is 0. The van der Waals surface area contributed by atoms with Gasteiger partial charge in [-0.25, -0.2) is 0 Å².